The van der Waals surface area contributed by atoms with E-state index in [9.17, 15) is 9.59 Å². The molecule has 0 saturated carbocycles. The molecule has 1 aromatic heterocycles. The summed E-state index contributed by atoms with van der Waals surface area (Å²) in [5, 5.41) is 0. The van der Waals surface area contributed by atoms with E-state index in [4.69, 9.17) is 0 Å². The van der Waals surface area contributed by atoms with Crippen LogP contribution in [0, 0.1) is 0 Å². The summed E-state index contributed by atoms with van der Waals surface area (Å²) in [7, 11) is 0. The monoisotopic (exact) mass is 392 g/mol. The molecule has 3 heterocycles. The van der Waals surface area contributed by atoms with Gasteiger partial charge < -0.3 is 9.80 Å². The van der Waals surface area contributed by atoms with Crippen LogP contribution >= 0.6 is 0 Å². The van der Waals surface area contributed by atoms with E-state index >= 15 is 0 Å². The third-order valence-electron chi connectivity index (χ3n) is 5.74. The number of carbonyl (C=O) groups is 2. The molecule has 0 bridgehead atoms. The van der Waals surface area contributed by atoms with Gasteiger partial charge in [-0.25, -0.2) is 4.98 Å². The van der Waals surface area contributed by atoms with Crippen molar-refractivity contribution in [2.24, 2.45) is 0 Å². The third kappa shape index (κ3) is 4.82. The number of piperazine rings is 1. The molecule has 2 aliphatic heterocycles. The molecule has 1 aromatic carbocycles. The van der Waals surface area contributed by atoms with Gasteiger partial charge in [0.1, 0.15) is 11.4 Å². The molecule has 4 rings (SSSR count). The molecule has 6 heteroatoms. The van der Waals surface area contributed by atoms with Gasteiger partial charge in [-0.1, -0.05) is 36.4 Å². The lowest BCUT2D eigenvalue weighted by atomic mass is 10.1. The summed E-state index contributed by atoms with van der Waals surface area (Å²) in [6.07, 6.45) is 3.25. The number of hydrogen-bond donors (Lipinski definition) is 0. The van der Waals surface area contributed by atoms with Gasteiger partial charge >= 0.3 is 0 Å². The highest BCUT2D eigenvalue weighted by atomic mass is 16.2. The first-order chi connectivity index (χ1) is 14.2. The van der Waals surface area contributed by atoms with Crippen molar-refractivity contribution in [2.75, 3.05) is 39.3 Å². The fourth-order valence-electron chi connectivity index (χ4n) is 4.04. The minimum Gasteiger partial charge on any atom is -0.337 e. The van der Waals surface area contributed by atoms with E-state index in [1.54, 1.807) is 18.2 Å². The zero-order chi connectivity index (χ0) is 20.1. The van der Waals surface area contributed by atoms with Gasteiger partial charge in [0.15, 0.2) is 0 Å². The Balaban J connectivity index is 1.35. The van der Waals surface area contributed by atoms with Gasteiger partial charge in [-0.05, 0) is 37.0 Å². The van der Waals surface area contributed by atoms with Crippen LogP contribution in [0.1, 0.15) is 45.8 Å². The Morgan fingerprint density at radius 2 is 1.28 bits per heavy atom. The topological polar surface area (TPSA) is 56.8 Å². The predicted molar refractivity (Wildman–Crippen MR) is 112 cm³/mol. The number of amides is 2. The molecule has 0 aliphatic carbocycles. The molecule has 2 aromatic rings. The Kier molecular flexibility index (Phi) is 6.20. The van der Waals surface area contributed by atoms with Gasteiger partial charge in [0.25, 0.3) is 11.8 Å². The van der Waals surface area contributed by atoms with Crippen LogP contribution in [0.5, 0.6) is 0 Å². The normalized spacial score (nSPS) is 17.9. The number of benzene rings is 1. The zero-order valence-corrected chi connectivity index (χ0v) is 16.8. The first-order valence-electron chi connectivity index (χ1n) is 10.5. The van der Waals surface area contributed by atoms with Crippen molar-refractivity contribution in [3.05, 3.63) is 65.5 Å². The van der Waals surface area contributed by atoms with E-state index < -0.39 is 0 Å². The fourth-order valence-corrected chi connectivity index (χ4v) is 4.04. The van der Waals surface area contributed by atoms with Crippen LogP contribution in [0.2, 0.25) is 0 Å². The second-order valence-electron chi connectivity index (χ2n) is 7.81. The minimum atomic E-state index is -0.0855. The number of carbonyl (C=O) groups excluding carboxylic acids is 2. The number of piperidine rings is 1. The van der Waals surface area contributed by atoms with Crippen molar-refractivity contribution in [3.8, 4) is 0 Å². The Labute approximate surface area is 172 Å². The van der Waals surface area contributed by atoms with Crippen LogP contribution in [-0.2, 0) is 6.54 Å². The minimum absolute atomic E-state index is 0.0629. The molecular formula is C23H28N4O2. The fraction of sp³-hybridized carbons (Fsp3) is 0.435. The second kappa shape index (κ2) is 9.18. The molecule has 0 atom stereocenters. The molecule has 0 N–H and O–H groups in total. The van der Waals surface area contributed by atoms with Crippen LogP contribution < -0.4 is 0 Å². The summed E-state index contributed by atoms with van der Waals surface area (Å²) < 4.78 is 0. The second-order valence-corrected chi connectivity index (χ2v) is 7.81. The standard InChI is InChI=1S/C23H28N4O2/c28-22(26-12-5-2-6-13-26)20-10-7-11-21(24-20)23(29)27-16-14-25(15-17-27)18-19-8-3-1-4-9-19/h1,3-4,7-11H,2,5-6,12-18H2. The summed E-state index contributed by atoms with van der Waals surface area (Å²) in [6.45, 7) is 5.50. The molecule has 2 amide bonds. The summed E-state index contributed by atoms with van der Waals surface area (Å²) >= 11 is 0. The highest BCUT2D eigenvalue weighted by Gasteiger charge is 2.25. The van der Waals surface area contributed by atoms with Crippen LogP contribution in [0.15, 0.2) is 48.5 Å². The van der Waals surface area contributed by atoms with E-state index in [0.29, 0.717) is 24.5 Å². The van der Waals surface area contributed by atoms with Crippen LogP contribution in [0.4, 0.5) is 0 Å². The third-order valence-corrected chi connectivity index (χ3v) is 5.74. The number of aromatic nitrogens is 1. The molecular weight excluding hydrogens is 364 g/mol. The average Bonchev–Trinajstić information content (AvgIpc) is 2.80. The average molecular weight is 393 g/mol. The number of rotatable bonds is 4. The Morgan fingerprint density at radius 1 is 0.690 bits per heavy atom. The molecule has 0 unspecified atom stereocenters. The smallest absolute Gasteiger partial charge is 0.272 e. The van der Waals surface area contributed by atoms with E-state index in [-0.39, 0.29) is 11.8 Å². The molecule has 6 nitrogen and oxygen atoms in total. The molecule has 29 heavy (non-hydrogen) atoms. The van der Waals surface area contributed by atoms with E-state index in [0.717, 1.165) is 45.6 Å². The lowest BCUT2D eigenvalue weighted by Crippen LogP contribution is -2.48. The van der Waals surface area contributed by atoms with Gasteiger partial charge in [0, 0.05) is 45.8 Å². The first-order valence-corrected chi connectivity index (χ1v) is 10.5. The highest BCUT2D eigenvalue weighted by Crippen LogP contribution is 2.14. The molecule has 2 aliphatic rings. The van der Waals surface area contributed by atoms with Crippen LogP contribution in [-0.4, -0.2) is 70.8 Å². The van der Waals surface area contributed by atoms with Gasteiger partial charge in [0.2, 0.25) is 0 Å². The summed E-state index contributed by atoms with van der Waals surface area (Å²) in [5.41, 5.74) is 2.03. The number of hydrogen-bond acceptors (Lipinski definition) is 4. The summed E-state index contributed by atoms with van der Waals surface area (Å²) in [4.78, 5) is 36.1. The van der Waals surface area contributed by atoms with Crippen molar-refractivity contribution >= 4 is 11.8 Å². The molecule has 152 valence electrons. The van der Waals surface area contributed by atoms with Crippen molar-refractivity contribution in [2.45, 2.75) is 25.8 Å². The SMILES string of the molecule is O=C(c1cccc(C(=O)N2CCN(Cc3ccccc3)CC2)n1)N1CCCCC1. The van der Waals surface area contributed by atoms with Crippen LogP contribution in [0.25, 0.3) is 0 Å². The Hall–Kier alpha value is -2.73. The van der Waals surface area contributed by atoms with Gasteiger partial charge in [-0.3, -0.25) is 14.5 Å². The number of nitrogens with zero attached hydrogens (tertiary/aromatic N) is 4. The maximum atomic E-state index is 12.9. The first kappa shape index (κ1) is 19.6. The Bertz CT molecular complexity index is 841. The lowest BCUT2D eigenvalue weighted by molar-refractivity contribution is 0.0622. The maximum Gasteiger partial charge on any atom is 0.272 e. The summed E-state index contributed by atoms with van der Waals surface area (Å²) in [5.74, 6) is -0.148. The molecule has 0 radical (unpaired) electrons. The van der Waals surface area contributed by atoms with Crippen LogP contribution in [0.3, 0.4) is 0 Å². The van der Waals surface area contributed by atoms with Gasteiger partial charge in [0.05, 0.1) is 0 Å². The van der Waals surface area contributed by atoms with E-state index in [1.165, 1.54) is 12.0 Å². The zero-order valence-electron chi connectivity index (χ0n) is 16.8. The molecule has 2 saturated heterocycles. The van der Waals surface area contributed by atoms with Crippen molar-refractivity contribution in [1.82, 2.24) is 19.7 Å². The summed E-state index contributed by atoms with van der Waals surface area (Å²) in [6, 6.07) is 15.6. The van der Waals surface area contributed by atoms with Crippen molar-refractivity contribution in [1.29, 1.82) is 0 Å². The Morgan fingerprint density at radius 3 is 1.90 bits per heavy atom. The predicted octanol–water partition coefficient (Wildman–Crippen LogP) is 2.67. The van der Waals surface area contributed by atoms with E-state index in [2.05, 4.69) is 34.1 Å². The number of likely N-dealkylation sites (tertiary alicyclic amines) is 1. The largest absolute Gasteiger partial charge is 0.337 e. The quantitative estimate of drug-likeness (QED) is 0.803. The van der Waals surface area contributed by atoms with Gasteiger partial charge in [-0.15, -0.1) is 0 Å². The highest BCUT2D eigenvalue weighted by molar-refractivity contribution is 5.96. The van der Waals surface area contributed by atoms with Crippen molar-refractivity contribution < 1.29 is 9.59 Å². The van der Waals surface area contributed by atoms with Crippen molar-refractivity contribution in [3.63, 3.8) is 0 Å². The van der Waals surface area contributed by atoms with Gasteiger partial charge in [-0.2, -0.15) is 0 Å². The van der Waals surface area contributed by atoms with E-state index in [1.807, 2.05) is 15.9 Å². The lowest BCUT2D eigenvalue weighted by Gasteiger charge is -2.34. The molecule has 0 spiro atoms. The molecule has 2 fully saturated rings. The maximum absolute atomic E-state index is 12.9. The number of pyridine rings is 1.